The van der Waals surface area contributed by atoms with E-state index in [0.29, 0.717) is 18.3 Å². The number of hydrogen-bond acceptors (Lipinski definition) is 4. The van der Waals surface area contributed by atoms with Gasteiger partial charge in [-0.1, -0.05) is 97.8 Å². The SMILES string of the molecule is OC(CSc1nnc(-c2ccccc2)n1C1CCCCC1)Cn1c2ccccc2c2ccccc21. The van der Waals surface area contributed by atoms with Crippen LogP contribution in [0, 0.1) is 0 Å². The van der Waals surface area contributed by atoms with Gasteiger partial charge in [-0.25, -0.2) is 0 Å². The van der Waals surface area contributed by atoms with Crippen LogP contribution in [0.2, 0.25) is 0 Å². The van der Waals surface area contributed by atoms with Gasteiger partial charge in [-0.3, -0.25) is 4.57 Å². The molecule has 0 amide bonds. The molecule has 6 rings (SSSR count). The first-order chi connectivity index (χ1) is 17.3. The lowest BCUT2D eigenvalue weighted by molar-refractivity contribution is 0.181. The number of benzene rings is 3. The van der Waals surface area contributed by atoms with Crippen LogP contribution < -0.4 is 0 Å². The predicted octanol–water partition coefficient (Wildman–Crippen LogP) is 6.71. The molecule has 2 aromatic heterocycles. The molecule has 1 aliphatic carbocycles. The number of para-hydroxylation sites is 2. The molecule has 1 saturated carbocycles. The second-order valence-corrected chi connectivity index (χ2v) is 10.4. The number of nitrogens with zero attached hydrogens (tertiary/aromatic N) is 4. The number of rotatable bonds is 7. The summed E-state index contributed by atoms with van der Waals surface area (Å²) in [6, 6.07) is 27.7. The Morgan fingerprint density at radius 2 is 1.43 bits per heavy atom. The third-order valence-electron chi connectivity index (χ3n) is 7.11. The van der Waals surface area contributed by atoms with Crippen molar-refractivity contribution in [3.05, 3.63) is 78.9 Å². The Morgan fingerprint density at radius 1 is 0.800 bits per heavy atom. The molecule has 0 saturated heterocycles. The first kappa shape index (κ1) is 22.4. The molecule has 5 aromatic rings. The molecular weight excluding hydrogens is 452 g/mol. The van der Waals surface area contributed by atoms with E-state index in [4.69, 9.17) is 0 Å². The van der Waals surface area contributed by atoms with E-state index < -0.39 is 6.10 Å². The van der Waals surface area contributed by atoms with E-state index in [1.165, 1.54) is 30.0 Å². The minimum Gasteiger partial charge on any atom is -0.390 e. The quantitative estimate of drug-likeness (QED) is 0.262. The van der Waals surface area contributed by atoms with Gasteiger partial charge >= 0.3 is 0 Å². The van der Waals surface area contributed by atoms with E-state index in [1.54, 1.807) is 11.8 Å². The first-order valence-electron chi connectivity index (χ1n) is 12.6. The molecule has 1 aliphatic rings. The van der Waals surface area contributed by atoms with E-state index in [0.717, 1.165) is 40.4 Å². The van der Waals surface area contributed by atoms with Crippen molar-refractivity contribution in [3.63, 3.8) is 0 Å². The van der Waals surface area contributed by atoms with Crippen molar-refractivity contribution in [2.45, 2.75) is 56.0 Å². The van der Waals surface area contributed by atoms with Crippen LogP contribution in [-0.4, -0.2) is 36.3 Å². The van der Waals surface area contributed by atoms with Crippen LogP contribution in [0.25, 0.3) is 33.2 Å². The molecule has 3 aromatic carbocycles. The average molecular weight is 483 g/mol. The summed E-state index contributed by atoms with van der Waals surface area (Å²) < 4.78 is 4.59. The smallest absolute Gasteiger partial charge is 0.191 e. The Kier molecular flexibility index (Phi) is 6.32. The van der Waals surface area contributed by atoms with Crippen LogP contribution in [0.4, 0.5) is 0 Å². The van der Waals surface area contributed by atoms with Gasteiger partial charge in [0.1, 0.15) is 0 Å². The Bertz CT molecular complexity index is 1380. The van der Waals surface area contributed by atoms with Crippen molar-refractivity contribution < 1.29 is 5.11 Å². The van der Waals surface area contributed by atoms with Crippen LogP contribution >= 0.6 is 11.8 Å². The summed E-state index contributed by atoms with van der Waals surface area (Å²) in [6.07, 6.45) is 5.62. The highest BCUT2D eigenvalue weighted by Gasteiger charge is 2.24. The zero-order chi connectivity index (χ0) is 23.6. The monoisotopic (exact) mass is 482 g/mol. The summed E-state index contributed by atoms with van der Waals surface area (Å²) in [4.78, 5) is 0. The molecule has 0 aliphatic heterocycles. The fourth-order valence-corrected chi connectivity index (χ4v) is 6.38. The fraction of sp³-hybridized carbons (Fsp3) is 0.310. The molecule has 1 unspecified atom stereocenters. The summed E-state index contributed by atoms with van der Waals surface area (Å²) in [6.45, 7) is 0.546. The highest BCUT2D eigenvalue weighted by Crippen LogP contribution is 2.36. The van der Waals surface area contributed by atoms with Gasteiger partial charge in [0.15, 0.2) is 11.0 Å². The van der Waals surface area contributed by atoms with Crippen molar-refractivity contribution in [1.82, 2.24) is 19.3 Å². The molecule has 5 nitrogen and oxygen atoms in total. The van der Waals surface area contributed by atoms with E-state index in [2.05, 4.69) is 92.1 Å². The van der Waals surface area contributed by atoms with Crippen molar-refractivity contribution in [3.8, 4) is 11.4 Å². The van der Waals surface area contributed by atoms with Crippen molar-refractivity contribution in [2.75, 3.05) is 5.75 Å². The Labute approximate surface area is 209 Å². The summed E-state index contributed by atoms with van der Waals surface area (Å²) >= 11 is 1.62. The topological polar surface area (TPSA) is 55.9 Å². The molecule has 2 heterocycles. The molecule has 6 heteroatoms. The maximum Gasteiger partial charge on any atom is 0.191 e. The second kappa shape index (κ2) is 9.88. The number of aromatic nitrogens is 4. The third kappa shape index (κ3) is 4.37. The van der Waals surface area contributed by atoms with Gasteiger partial charge in [-0.05, 0) is 25.0 Å². The van der Waals surface area contributed by atoms with Crippen LogP contribution in [0.5, 0.6) is 0 Å². The van der Waals surface area contributed by atoms with E-state index in [9.17, 15) is 5.11 Å². The van der Waals surface area contributed by atoms with Crippen LogP contribution in [-0.2, 0) is 6.54 Å². The van der Waals surface area contributed by atoms with Gasteiger partial charge < -0.3 is 9.67 Å². The zero-order valence-corrected chi connectivity index (χ0v) is 20.6. The first-order valence-corrected chi connectivity index (χ1v) is 13.6. The molecule has 1 N–H and O–H groups in total. The molecule has 1 atom stereocenters. The lowest BCUT2D eigenvalue weighted by atomic mass is 9.95. The average Bonchev–Trinajstić information content (AvgIpc) is 3.48. The maximum atomic E-state index is 11.1. The number of thioether (sulfide) groups is 1. The molecule has 178 valence electrons. The number of aliphatic hydroxyl groups excluding tert-OH is 1. The molecule has 35 heavy (non-hydrogen) atoms. The maximum absolute atomic E-state index is 11.1. The summed E-state index contributed by atoms with van der Waals surface area (Å²) in [5.74, 6) is 1.51. The summed E-state index contributed by atoms with van der Waals surface area (Å²) in [7, 11) is 0. The normalized spacial score (nSPS) is 15.7. The van der Waals surface area contributed by atoms with Crippen molar-refractivity contribution in [2.24, 2.45) is 0 Å². The number of aliphatic hydroxyl groups is 1. The van der Waals surface area contributed by atoms with Gasteiger partial charge in [0.2, 0.25) is 0 Å². The van der Waals surface area contributed by atoms with Gasteiger partial charge in [0, 0.05) is 39.2 Å². The Morgan fingerprint density at radius 3 is 2.11 bits per heavy atom. The predicted molar refractivity (Wildman–Crippen MR) is 144 cm³/mol. The van der Waals surface area contributed by atoms with Gasteiger partial charge in [-0.15, -0.1) is 10.2 Å². The summed E-state index contributed by atoms with van der Waals surface area (Å²) in [5, 5.41) is 23.7. The lowest BCUT2D eigenvalue weighted by Crippen LogP contribution is -2.19. The Hall–Kier alpha value is -3.09. The summed E-state index contributed by atoms with van der Waals surface area (Å²) in [5.41, 5.74) is 3.42. The van der Waals surface area contributed by atoms with Crippen LogP contribution in [0.1, 0.15) is 38.1 Å². The fourth-order valence-electron chi connectivity index (χ4n) is 5.46. The molecule has 0 bridgehead atoms. The number of hydrogen-bond donors (Lipinski definition) is 1. The highest BCUT2D eigenvalue weighted by molar-refractivity contribution is 7.99. The standard InChI is InChI=1S/C29H30N4OS/c34-23(19-32-26-17-9-7-15-24(26)25-16-8-10-18-27(25)32)20-35-29-31-30-28(21-11-3-1-4-12-21)33(29)22-13-5-2-6-14-22/h1,3-4,7-12,15-18,22-23,34H,2,5-6,13-14,19-20H2. The molecule has 0 spiro atoms. The van der Waals surface area contributed by atoms with Crippen molar-refractivity contribution in [1.29, 1.82) is 0 Å². The minimum absolute atomic E-state index is 0.422. The van der Waals surface area contributed by atoms with Gasteiger partial charge in [0.05, 0.1) is 12.6 Å². The van der Waals surface area contributed by atoms with Crippen LogP contribution in [0.3, 0.4) is 0 Å². The van der Waals surface area contributed by atoms with Crippen molar-refractivity contribution >= 4 is 33.6 Å². The molecule has 0 radical (unpaired) electrons. The molecular formula is C29H30N4OS. The highest BCUT2D eigenvalue weighted by atomic mass is 32.2. The van der Waals surface area contributed by atoms with E-state index >= 15 is 0 Å². The second-order valence-electron chi connectivity index (χ2n) is 9.44. The lowest BCUT2D eigenvalue weighted by Gasteiger charge is -2.26. The van der Waals surface area contributed by atoms with E-state index in [1.807, 2.05) is 6.07 Å². The van der Waals surface area contributed by atoms with Crippen LogP contribution in [0.15, 0.2) is 84.0 Å². The zero-order valence-electron chi connectivity index (χ0n) is 19.8. The third-order valence-corrected chi connectivity index (χ3v) is 8.20. The van der Waals surface area contributed by atoms with Gasteiger partial charge in [-0.2, -0.15) is 0 Å². The largest absolute Gasteiger partial charge is 0.390 e. The van der Waals surface area contributed by atoms with E-state index in [-0.39, 0.29) is 0 Å². The number of fused-ring (bicyclic) bond motifs is 3. The Balaban J connectivity index is 1.26. The minimum atomic E-state index is -0.504. The molecule has 1 fully saturated rings. The van der Waals surface area contributed by atoms with Gasteiger partial charge in [0.25, 0.3) is 0 Å².